The second kappa shape index (κ2) is 7.65. The van der Waals surface area contributed by atoms with Crippen LogP contribution in [0.1, 0.15) is 38.1 Å². The first-order valence-corrected chi connectivity index (χ1v) is 11.1. The number of anilines is 1. The highest BCUT2D eigenvalue weighted by Gasteiger charge is 2.34. The maximum atomic E-state index is 13.0. The first-order valence-electron chi connectivity index (χ1n) is 9.52. The Morgan fingerprint density at radius 2 is 1.79 bits per heavy atom. The minimum atomic E-state index is -0.434. The standard InChI is InChI=1S/C22H19Cl2N3OS/c23-15-7-4-8-16(24)19(15)20-25-21(28)18-14-9-10-27(11-13-5-2-1-3-6-13)12-17(14)29-22(18)26-20/h1-8,20,26H,9-12H2,(H,25,28)/t20-/m1/s1. The lowest BCUT2D eigenvalue weighted by Crippen LogP contribution is -2.39. The molecule has 0 fully saturated rings. The summed E-state index contributed by atoms with van der Waals surface area (Å²) < 4.78 is 0. The maximum Gasteiger partial charge on any atom is 0.256 e. The molecule has 0 saturated heterocycles. The van der Waals surface area contributed by atoms with Crippen LogP contribution in [0.4, 0.5) is 5.00 Å². The third-order valence-corrected chi connectivity index (χ3v) is 7.26. The minimum Gasteiger partial charge on any atom is -0.353 e. The molecule has 29 heavy (non-hydrogen) atoms. The predicted molar refractivity (Wildman–Crippen MR) is 119 cm³/mol. The van der Waals surface area contributed by atoms with Gasteiger partial charge in [-0.05, 0) is 29.7 Å². The molecule has 4 nitrogen and oxygen atoms in total. The third kappa shape index (κ3) is 3.53. The zero-order chi connectivity index (χ0) is 20.0. The number of hydrogen-bond donors (Lipinski definition) is 2. The van der Waals surface area contributed by atoms with Gasteiger partial charge < -0.3 is 10.6 Å². The quantitative estimate of drug-likeness (QED) is 0.563. The van der Waals surface area contributed by atoms with Gasteiger partial charge in [0.05, 0.1) is 5.56 Å². The molecule has 0 unspecified atom stereocenters. The van der Waals surface area contributed by atoms with E-state index >= 15 is 0 Å². The van der Waals surface area contributed by atoms with Crippen LogP contribution in [-0.4, -0.2) is 17.4 Å². The molecule has 3 heterocycles. The van der Waals surface area contributed by atoms with Crippen molar-refractivity contribution in [3.63, 3.8) is 0 Å². The zero-order valence-electron chi connectivity index (χ0n) is 15.5. The average molecular weight is 444 g/mol. The molecule has 0 bridgehead atoms. The molecule has 5 rings (SSSR count). The number of nitrogens with one attached hydrogen (secondary N) is 2. The largest absolute Gasteiger partial charge is 0.353 e. The van der Waals surface area contributed by atoms with Gasteiger partial charge in [0.15, 0.2) is 0 Å². The van der Waals surface area contributed by atoms with Gasteiger partial charge in [-0.1, -0.05) is 59.6 Å². The minimum absolute atomic E-state index is 0.0613. The smallest absolute Gasteiger partial charge is 0.256 e. The highest BCUT2D eigenvalue weighted by Crippen LogP contribution is 2.42. The topological polar surface area (TPSA) is 44.4 Å². The van der Waals surface area contributed by atoms with Gasteiger partial charge in [0.25, 0.3) is 5.91 Å². The second-order valence-corrected chi connectivity index (χ2v) is 9.26. The predicted octanol–water partition coefficient (Wildman–Crippen LogP) is 5.47. The van der Waals surface area contributed by atoms with E-state index in [1.54, 1.807) is 29.5 Å². The molecule has 1 aromatic heterocycles. The Morgan fingerprint density at radius 1 is 1.03 bits per heavy atom. The maximum absolute atomic E-state index is 13.0. The fraction of sp³-hybridized carbons (Fsp3) is 0.227. The van der Waals surface area contributed by atoms with Gasteiger partial charge in [0.2, 0.25) is 0 Å². The lowest BCUT2D eigenvalue weighted by Gasteiger charge is -2.29. The number of rotatable bonds is 3. The summed E-state index contributed by atoms with van der Waals surface area (Å²) in [5.74, 6) is -0.0613. The van der Waals surface area contributed by atoms with E-state index < -0.39 is 6.17 Å². The van der Waals surface area contributed by atoms with Gasteiger partial charge in [-0.3, -0.25) is 9.69 Å². The van der Waals surface area contributed by atoms with Gasteiger partial charge in [-0.2, -0.15) is 0 Å². The van der Waals surface area contributed by atoms with Crippen molar-refractivity contribution in [3.8, 4) is 0 Å². The van der Waals surface area contributed by atoms with E-state index in [0.717, 1.165) is 36.6 Å². The first-order chi connectivity index (χ1) is 14.1. The molecule has 0 saturated carbocycles. The molecule has 1 atom stereocenters. The van der Waals surface area contributed by atoms with Gasteiger partial charge in [-0.15, -0.1) is 11.3 Å². The lowest BCUT2D eigenvalue weighted by molar-refractivity contribution is 0.0934. The zero-order valence-corrected chi connectivity index (χ0v) is 17.9. The number of halogens is 2. The fourth-order valence-electron chi connectivity index (χ4n) is 4.08. The average Bonchev–Trinajstić information content (AvgIpc) is 3.07. The summed E-state index contributed by atoms with van der Waals surface area (Å²) in [6.45, 7) is 2.72. The Balaban J connectivity index is 1.41. The summed E-state index contributed by atoms with van der Waals surface area (Å²) in [6, 6.07) is 15.9. The Bertz CT molecular complexity index is 1060. The van der Waals surface area contributed by atoms with Gasteiger partial charge in [0, 0.05) is 40.1 Å². The van der Waals surface area contributed by atoms with Crippen molar-refractivity contribution < 1.29 is 4.79 Å². The van der Waals surface area contributed by atoms with Crippen LogP contribution in [0.5, 0.6) is 0 Å². The van der Waals surface area contributed by atoms with E-state index in [9.17, 15) is 4.79 Å². The second-order valence-electron chi connectivity index (χ2n) is 7.34. The van der Waals surface area contributed by atoms with Crippen molar-refractivity contribution in [1.29, 1.82) is 0 Å². The van der Waals surface area contributed by atoms with Crippen LogP contribution in [0.25, 0.3) is 0 Å². The van der Waals surface area contributed by atoms with E-state index in [1.807, 2.05) is 6.07 Å². The molecule has 2 aromatic carbocycles. The van der Waals surface area contributed by atoms with Crippen molar-refractivity contribution in [2.75, 3.05) is 11.9 Å². The van der Waals surface area contributed by atoms with E-state index in [-0.39, 0.29) is 5.91 Å². The number of thiophene rings is 1. The Morgan fingerprint density at radius 3 is 2.55 bits per heavy atom. The molecule has 2 aliphatic heterocycles. The molecule has 0 spiro atoms. The van der Waals surface area contributed by atoms with Crippen LogP contribution in [0.2, 0.25) is 10.0 Å². The lowest BCUT2D eigenvalue weighted by atomic mass is 10.00. The number of hydrogen-bond acceptors (Lipinski definition) is 4. The molecular formula is C22H19Cl2N3OS. The molecule has 2 N–H and O–H groups in total. The van der Waals surface area contributed by atoms with Crippen LogP contribution < -0.4 is 10.6 Å². The summed E-state index contributed by atoms with van der Waals surface area (Å²) in [5.41, 5.74) is 3.96. The summed E-state index contributed by atoms with van der Waals surface area (Å²) in [7, 11) is 0. The normalized spacial score (nSPS) is 18.6. The molecule has 2 aliphatic rings. The number of carbonyl (C=O) groups excluding carboxylic acids is 1. The number of benzene rings is 2. The molecule has 3 aromatic rings. The van der Waals surface area contributed by atoms with Gasteiger partial charge >= 0.3 is 0 Å². The number of amides is 1. The van der Waals surface area contributed by atoms with Crippen molar-refractivity contribution in [2.24, 2.45) is 0 Å². The molecule has 0 aliphatic carbocycles. The van der Waals surface area contributed by atoms with E-state index in [4.69, 9.17) is 23.2 Å². The Kier molecular flexibility index (Phi) is 5.00. The van der Waals surface area contributed by atoms with Gasteiger partial charge in [-0.25, -0.2) is 0 Å². The van der Waals surface area contributed by atoms with Crippen molar-refractivity contribution in [3.05, 3.63) is 85.7 Å². The van der Waals surface area contributed by atoms with E-state index in [2.05, 4.69) is 39.8 Å². The third-order valence-electron chi connectivity index (χ3n) is 5.45. The fourth-order valence-corrected chi connectivity index (χ4v) is 6.01. The molecule has 148 valence electrons. The number of nitrogens with zero attached hydrogens (tertiary/aromatic N) is 1. The number of carbonyl (C=O) groups is 1. The van der Waals surface area contributed by atoms with Crippen molar-refractivity contribution in [1.82, 2.24) is 10.2 Å². The summed E-state index contributed by atoms with van der Waals surface area (Å²) in [5, 5.41) is 8.45. The number of fused-ring (bicyclic) bond motifs is 3. The van der Waals surface area contributed by atoms with Crippen LogP contribution >= 0.6 is 34.5 Å². The van der Waals surface area contributed by atoms with Gasteiger partial charge in [0.1, 0.15) is 11.2 Å². The van der Waals surface area contributed by atoms with E-state index in [0.29, 0.717) is 15.6 Å². The van der Waals surface area contributed by atoms with E-state index in [1.165, 1.54) is 16.0 Å². The summed E-state index contributed by atoms with van der Waals surface area (Å²) in [4.78, 5) is 16.6. The van der Waals surface area contributed by atoms with Crippen LogP contribution in [0, 0.1) is 0 Å². The Labute approximate surface area is 183 Å². The molecule has 1 amide bonds. The molecular weight excluding hydrogens is 425 g/mol. The van der Waals surface area contributed by atoms with Crippen LogP contribution in [0.3, 0.4) is 0 Å². The van der Waals surface area contributed by atoms with Crippen LogP contribution in [-0.2, 0) is 19.5 Å². The molecule has 7 heteroatoms. The highest BCUT2D eigenvalue weighted by molar-refractivity contribution is 7.16. The highest BCUT2D eigenvalue weighted by atomic mass is 35.5. The summed E-state index contributed by atoms with van der Waals surface area (Å²) in [6.07, 6.45) is 0.442. The SMILES string of the molecule is O=C1N[C@@H](c2c(Cl)cccc2Cl)Nc2sc3c(c21)CCN(Cc1ccccc1)C3. The van der Waals surface area contributed by atoms with Crippen molar-refractivity contribution >= 4 is 45.4 Å². The summed E-state index contributed by atoms with van der Waals surface area (Å²) >= 11 is 14.4. The molecule has 0 radical (unpaired) electrons. The Hall–Kier alpha value is -2.05. The first kappa shape index (κ1) is 18.9. The monoisotopic (exact) mass is 443 g/mol. The van der Waals surface area contributed by atoms with Crippen LogP contribution in [0.15, 0.2) is 48.5 Å². The van der Waals surface area contributed by atoms with Crippen molar-refractivity contribution in [2.45, 2.75) is 25.7 Å².